The van der Waals surface area contributed by atoms with E-state index in [0.717, 1.165) is 13.0 Å². The summed E-state index contributed by atoms with van der Waals surface area (Å²) in [7, 11) is 0. The molecule has 3 heterocycles. The number of rotatable bonds is 3. The van der Waals surface area contributed by atoms with Gasteiger partial charge in [0.15, 0.2) is 0 Å². The maximum absolute atomic E-state index is 5.26. The Morgan fingerprint density at radius 2 is 2.00 bits per heavy atom. The maximum Gasteiger partial charge on any atom is 0.0977 e. The fourth-order valence-corrected chi connectivity index (χ4v) is 3.82. The zero-order chi connectivity index (χ0) is 14.1. The molecule has 2 nitrogen and oxygen atoms in total. The van der Waals surface area contributed by atoms with Gasteiger partial charge in [-0.05, 0) is 36.5 Å². The lowest BCUT2D eigenvalue weighted by Gasteiger charge is -2.45. The Hall–Kier alpha value is -1.80. The van der Waals surface area contributed by atoms with Gasteiger partial charge in [-0.1, -0.05) is 42.8 Å². The molecule has 21 heavy (non-hydrogen) atoms. The SMILES string of the molecule is C1=C(c2ccoc2)CC2CCCC1N2Cc1ccccc1. The van der Waals surface area contributed by atoms with Gasteiger partial charge in [-0.2, -0.15) is 0 Å². The topological polar surface area (TPSA) is 16.4 Å². The Bertz CT molecular complexity index is 614. The zero-order valence-electron chi connectivity index (χ0n) is 12.2. The van der Waals surface area contributed by atoms with Crippen molar-refractivity contribution in [1.82, 2.24) is 4.90 Å². The van der Waals surface area contributed by atoms with E-state index >= 15 is 0 Å². The molecule has 2 unspecified atom stereocenters. The van der Waals surface area contributed by atoms with Crippen LogP contribution in [-0.4, -0.2) is 17.0 Å². The molecule has 0 amide bonds. The molecule has 1 saturated heterocycles. The van der Waals surface area contributed by atoms with E-state index in [1.807, 2.05) is 6.26 Å². The predicted molar refractivity (Wildman–Crippen MR) is 84.7 cm³/mol. The van der Waals surface area contributed by atoms with E-state index in [1.54, 1.807) is 6.26 Å². The minimum atomic E-state index is 0.586. The molecular weight excluding hydrogens is 258 g/mol. The number of piperidine rings is 1. The highest BCUT2D eigenvalue weighted by Crippen LogP contribution is 2.37. The molecule has 2 heteroatoms. The molecule has 2 aliphatic heterocycles. The maximum atomic E-state index is 5.26. The van der Waals surface area contributed by atoms with E-state index < -0.39 is 0 Å². The van der Waals surface area contributed by atoms with Gasteiger partial charge in [-0.3, -0.25) is 4.90 Å². The minimum absolute atomic E-state index is 0.586. The highest BCUT2D eigenvalue weighted by molar-refractivity contribution is 5.67. The smallest absolute Gasteiger partial charge is 0.0977 e. The molecule has 2 atom stereocenters. The summed E-state index contributed by atoms with van der Waals surface area (Å²) in [5.74, 6) is 0. The van der Waals surface area contributed by atoms with Crippen LogP contribution in [0.3, 0.4) is 0 Å². The second-order valence-electron chi connectivity index (χ2n) is 6.22. The van der Waals surface area contributed by atoms with Crippen molar-refractivity contribution in [2.45, 2.75) is 44.3 Å². The molecule has 2 bridgehead atoms. The molecule has 0 N–H and O–H groups in total. The minimum Gasteiger partial charge on any atom is -0.472 e. The van der Waals surface area contributed by atoms with Crippen molar-refractivity contribution in [3.8, 4) is 0 Å². The summed E-state index contributed by atoms with van der Waals surface area (Å²) < 4.78 is 5.26. The largest absolute Gasteiger partial charge is 0.472 e. The van der Waals surface area contributed by atoms with Crippen LogP contribution in [0.1, 0.15) is 36.8 Å². The number of nitrogens with zero attached hydrogens (tertiary/aromatic N) is 1. The van der Waals surface area contributed by atoms with E-state index in [0.29, 0.717) is 12.1 Å². The fraction of sp³-hybridized carbons (Fsp3) is 0.368. The van der Waals surface area contributed by atoms with Gasteiger partial charge < -0.3 is 4.42 Å². The third-order valence-corrected chi connectivity index (χ3v) is 4.88. The Morgan fingerprint density at radius 3 is 2.76 bits per heavy atom. The van der Waals surface area contributed by atoms with Crippen LogP contribution in [-0.2, 0) is 6.54 Å². The van der Waals surface area contributed by atoms with Gasteiger partial charge in [0.05, 0.1) is 12.5 Å². The third kappa shape index (κ3) is 2.56. The monoisotopic (exact) mass is 279 g/mol. The molecule has 2 aromatic rings. The van der Waals surface area contributed by atoms with E-state index in [4.69, 9.17) is 4.42 Å². The first-order chi connectivity index (χ1) is 10.4. The van der Waals surface area contributed by atoms with Crippen LogP contribution < -0.4 is 0 Å². The summed E-state index contributed by atoms with van der Waals surface area (Å²) in [6.45, 7) is 1.07. The van der Waals surface area contributed by atoms with Gasteiger partial charge in [-0.25, -0.2) is 0 Å². The van der Waals surface area contributed by atoms with Crippen LogP contribution in [0, 0.1) is 0 Å². The first kappa shape index (κ1) is 12.9. The Kier molecular flexibility index (Phi) is 3.40. The fourth-order valence-electron chi connectivity index (χ4n) is 3.82. The van der Waals surface area contributed by atoms with Crippen LogP contribution in [0.25, 0.3) is 5.57 Å². The lowest BCUT2D eigenvalue weighted by atomic mass is 9.83. The highest BCUT2D eigenvalue weighted by atomic mass is 16.3. The molecule has 1 aromatic carbocycles. The third-order valence-electron chi connectivity index (χ3n) is 4.88. The number of fused-ring (bicyclic) bond motifs is 2. The molecule has 108 valence electrons. The van der Waals surface area contributed by atoms with Gasteiger partial charge in [0.2, 0.25) is 0 Å². The van der Waals surface area contributed by atoms with Crippen molar-refractivity contribution in [3.63, 3.8) is 0 Å². The van der Waals surface area contributed by atoms with Crippen molar-refractivity contribution in [1.29, 1.82) is 0 Å². The lowest BCUT2D eigenvalue weighted by molar-refractivity contribution is 0.0951. The van der Waals surface area contributed by atoms with Crippen molar-refractivity contribution >= 4 is 5.57 Å². The van der Waals surface area contributed by atoms with E-state index in [9.17, 15) is 0 Å². The normalized spacial score (nSPS) is 25.6. The summed E-state index contributed by atoms with van der Waals surface area (Å²) in [6, 6.07) is 14.2. The van der Waals surface area contributed by atoms with Crippen LogP contribution in [0.5, 0.6) is 0 Å². The molecule has 1 aromatic heterocycles. The van der Waals surface area contributed by atoms with Crippen molar-refractivity contribution in [2.24, 2.45) is 0 Å². The predicted octanol–water partition coefficient (Wildman–Crippen LogP) is 4.49. The average Bonchev–Trinajstić information content (AvgIpc) is 3.02. The highest BCUT2D eigenvalue weighted by Gasteiger charge is 2.34. The summed E-state index contributed by atoms with van der Waals surface area (Å²) in [5, 5.41) is 0. The van der Waals surface area contributed by atoms with Gasteiger partial charge in [0.1, 0.15) is 0 Å². The molecule has 0 saturated carbocycles. The van der Waals surface area contributed by atoms with Crippen LogP contribution in [0.4, 0.5) is 0 Å². The zero-order valence-corrected chi connectivity index (χ0v) is 12.2. The quantitative estimate of drug-likeness (QED) is 0.823. The Morgan fingerprint density at radius 1 is 1.10 bits per heavy atom. The number of hydrogen-bond donors (Lipinski definition) is 0. The summed E-state index contributed by atoms with van der Waals surface area (Å²) in [6.07, 6.45) is 11.3. The van der Waals surface area contributed by atoms with E-state index in [-0.39, 0.29) is 0 Å². The van der Waals surface area contributed by atoms with Gasteiger partial charge in [-0.15, -0.1) is 0 Å². The second kappa shape index (κ2) is 5.53. The number of furan rings is 1. The summed E-state index contributed by atoms with van der Waals surface area (Å²) in [4.78, 5) is 2.70. The summed E-state index contributed by atoms with van der Waals surface area (Å²) >= 11 is 0. The molecule has 0 radical (unpaired) electrons. The van der Waals surface area contributed by atoms with Gasteiger partial charge in [0.25, 0.3) is 0 Å². The Balaban J connectivity index is 1.59. The van der Waals surface area contributed by atoms with Gasteiger partial charge in [0, 0.05) is 24.2 Å². The lowest BCUT2D eigenvalue weighted by Crippen LogP contribution is -2.47. The summed E-state index contributed by atoms with van der Waals surface area (Å²) in [5.41, 5.74) is 4.17. The number of benzene rings is 1. The van der Waals surface area contributed by atoms with Crippen molar-refractivity contribution in [3.05, 3.63) is 66.1 Å². The molecule has 0 spiro atoms. The average molecular weight is 279 g/mol. The molecule has 1 fully saturated rings. The molecule has 0 aliphatic carbocycles. The standard InChI is InChI=1S/C19H21NO/c1-2-5-15(6-3-1)13-20-18-7-4-8-19(20)12-17(11-18)16-9-10-21-14-16/h1-3,5-6,9-11,14,18-19H,4,7-8,12-13H2. The van der Waals surface area contributed by atoms with Crippen molar-refractivity contribution < 1.29 is 4.42 Å². The van der Waals surface area contributed by atoms with Crippen LogP contribution >= 0.6 is 0 Å². The first-order valence-corrected chi connectivity index (χ1v) is 7.93. The van der Waals surface area contributed by atoms with E-state index in [1.165, 1.54) is 36.0 Å². The van der Waals surface area contributed by atoms with Crippen LogP contribution in [0.2, 0.25) is 0 Å². The molecular formula is C19H21NO. The van der Waals surface area contributed by atoms with Crippen LogP contribution in [0.15, 0.2) is 59.4 Å². The van der Waals surface area contributed by atoms with Gasteiger partial charge >= 0.3 is 0 Å². The molecule has 4 rings (SSSR count). The second-order valence-corrected chi connectivity index (χ2v) is 6.22. The number of hydrogen-bond acceptors (Lipinski definition) is 2. The molecule has 2 aliphatic rings. The first-order valence-electron chi connectivity index (χ1n) is 7.93. The van der Waals surface area contributed by atoms with Crippen molar-refractivity contribution in [2.75, 3.05) is 0 Å². The Labute approximate surface area is 126 Å². The van der Waals surface area contributed by atoms with E-state index in [2.05, 4.69) is 47.4 Å².